The number of carbonyl (C=O) groups excluding carboxylic acids is 3. The molecule has 1 atom stereocenters. The van der Waals surface area contributed by atoms with E-state index in [0.717, 1.165) is 0 Å². The van der Waals surface area contributed by atoms with Gasteiger partial charge in [-0.05, 0) is 12.1 Å². The molecule has 1 unspecified atom stereocenters. The lowest BCUT2D eigenvalue weighted by atomic mass is 10.1. The molecule has 0 N–H and O–H groups in total. The van der Waals surface area contributed by atoms with Crippen LogP contribution >= 0.6 is 0 Å². The number of hydrogen-bond acceptors (Lipinski definition) is 12. The maximum absolute atomic E-state index is 13.3. The molecule has 0 aliphatic rings. The summed E-state index contributed by atoms with van der Waals surface area (Å²) in [6, 6.07) is 14.0. The Morgan fingerprint density at radius 2 is 0.929 bits per heavy atom. The van der Waals surface area contributed by atoms with Gasteiger partial charge < -0.3 is 42.6 Å². The molecule has 3 aromatic rings. The largest absolute Gasteiger partial charge is 0.496 e. The second-order valence-corrected chi connectivity index (χ2v) is 8.41. The quantitative estimate of drug-likeness (QED) is 0.200. The molecule has 42 heavy (non-hydrogen) atoms. The van der Waals surface area contributed by atoms with Gasteiger partial charge in [-0.2, -0.15) is 0 Å². The van der Waals surface area contributed by atoms with Crippen LogP contribution in [-0.4, -0.2) is 79.9 Å². The van der Waals surface area contributed by atoms with Crippen LogP contribution in [0.1, 0.15) is 31.1 Å². The maximum atomic E-state index is 13.3. The van der Waals surface area contributed by atoms with Crippen LogP contribution in [0.4, 0.5) is 0 Å². The van der Waals surface area contributed by atoms with E-state index in [9.17, 15) is 14.4 Å². The number of esters is 3. The van der Waals surface area contributed by atoms with Gasteiger partial charge in [0.1, 0.15) is 35.8 Å². The van der Waals surface area contributed by atoms with Crippen molar-refractivity contribution in [1.29, 1.82) is 0 Å². The van der Waals surface area contributed by atoms with Crippen molar-refractivity contribution in [2.24, 2.45) is 0 Å². The fraction of sp³-hybridized carbons (Fsp3) is 0.300. The normalized spacial score (nSPS) is 11.0. The first kappa shape index (κ1) is 31.4. The Hall–Kier alpha value is -5.13. The predicted molar refractivity (Wildman–Crippen MR) is 148 cm³/mol. The number of methoxy groups -OCH3 is 6. The van der Waals surface area contributed by atoms with Crippen molar-refractivity contribution in [2.75, 3.05) is 55.9 Å². The van der Waals surface area contributed by atoms with Crippen LogP contribution in [0.25, 0.3) is 0 Å². The van der Waals surface area contributed by atoms with Gasteiger partial charge in [-0.25, -0.2) is 14.4 Å². The second kappa shape index (κ2) is 15.0. The fourth-order valence-electron chi connectivity index (χ4n) is 3.78. The molecule has 0 spiro atoms. The summed E-state index contributed by atoms with van der Waals surface area (Å²) in [5.74, 6) is -0.823. The highest BCUT2D eigenvalue weighted by atomic mass is 16.6. The summed E-state index contributed by atoms with van der Waals surface area (Å²) in [4.78, 5) is 38.9. The first-order valence-corrected chi connectivity index (χ1v) is 12.5. The zero-order valence-electron chi connectivity index (χ0n) is 24.1. The zero-order valence-corrected chi connectivity index (χ0v) is 24.1. The Bertz CT molecular complexity index is 1390. The fourth-order valence-corrected chi connectivity index (χ4v) is 3.78. The molecule has 0 fully saturated rings. The Balaban J connectivity index is 1.85. The molecule has 224 valence electrons. The van der Waals surface area contributed by atoms with Gasteiger partial charge in [0.25, 0.3) is 0 Å². The summed E-state index contributed by atoms with van der Waals surface area (Å²) in [6.07, 6.45) is -1.21. The SMILES string of the molecule is COc1cc(OC)c(C(=O)OCC(COC(=O)c2ccccc2)OC(=O)c2cc(OC)c(OC)cc2OC)cc1OC. The summed E-state index contributed by atoms with van der Waals surface area (Å²) in [5, 5.41) is 0. The molecule has 0 aliphatic heterocycles. The van der Waals surface area contributed by atoms with Crippen LogP contribution in [0.15, 0.2) is 54.6 Å². The Labute approximate surface area is 242 Å². The summed E-state index contributed by atoms with van der Waals surface area (Å²) in [7, 11) is 8.45. The van der Waals surface area contributed by atoms with E-state index < -0.39 is 37.2 Å². The van der Waals surface area contributed by atoms with E-state index in [1.54, 1.807) is 30.3 Å². The number of ether oxygens (including phenoxy) is 9. The molecule has 0 radical (unpaired) electrons. The second-order valence-electron chi connectivity index (χ2n) is 8.41. The van der Waals surface area contributed by atoms with Gasteiger partial charge in [-0.15, -0.1) is 0 Å². The number of hydrogen-bond donors (Lipinski definition) is 0. The summed E-state index contributed by atoms with van der Waals surface area (Å²) in [6.45, 7) is -0.898. The van der Waals surface area contributed by atoms with Crippen molar-refractivity contribution in [3.8, 4) is 34.5 Å². The minimum absolute atomic E-state index is 0.00224. The van der Waals surface area contributed by atoms with Crippen molar-refractivity contribution in [3.05, 3.63) is 71.3 Å². The van der Waals surface area contributed by atoms with Crippen LogP contribution in [0.3, 0.4) is 0 Å². The molecule has 0 saturated carbocycles. The third-order valence-corrected chi connectivity index (χ3v) is 5.94. The molecule has 12 heteroatoms. The third-order valence-electron chi connectivity index (χ3n) is 5.94. The van der Waals surface area contributed by atoms with E-state index in [-0.39, 0.29) is 39.7 Å². The molecule has 12 nitrogen and oxygen atoms in total. The van der Waals surface area contributed by atoms with Crippen LogP contribution in [-0.2, 0) is 14.2 Å². The van der Waals surface area contributed by atoms with Crippen molar-refractivity contribution in [1.82, 2.24) is 0 Å². The number of carbonyl (C=O) groups is 3. The number of benzene rings is 3. The van der Waals surface area contributed by atoms with Gasteiger partial charge in [0.2, 0.25) is 0 Å². The van der Waals surface area contributed by atoms with Crippen LogP contribution in [0.5, 0.6) is 34.5 Å². The summed E-state index contributed by atoms with van der Waals surface area (Å²) in [5.41, 5.74) is 0.321. The monoisotopic (exact) mass is 584 g/mol. The van der Waals surface area contributed by atoms with E-state index in [1.807, 2.05) is 0 Å². The third kappa shape index (κ3) is 7.53. The van der Waals surface area contributed by atoms with Gasteiger partial charge in [0.05, 0.1) is 48.2 Å². The lowest BCUT2D eigenvalue weighted by Gasteiger charge is -2.20. The van der Waals surface area contributed by atoms with Crippen molar-refractivity contribution in [2.45, 2.75) is 6.10 Å². The zero-order chi connectivity index (χ0) is 30.6. The van der Waals surface area contributed by atoms with Gasteiger partial charge in [-0.1, -0.05) is 18.2 Å². The summed E-state index contributed by atoms with van der Waals surface area (Å²) < 4.78 is 48.1. The van der Waals surface area contributed by atoms with E-state index >= 15 is 0 Å². The minimum Gasteiger partial charge on any atom is -0.496 e. The highest BCUT2D eigenvalue weighted by molar-refractivity contribution is 5.95. The highest BCUT2D eigenvalue weighted by Crippen LogP contribution is 2.36. The molecular weight excluding hydrogens is 552 g/mol. The molecule has 0 aromatic heterocycles. The van der Waals surface area contributed by atoms with E-state index in [2.05, 4.69) is 0 Å². The number of rotatable bonds is 14. The Morgan fingerprint density at radius 3 is 1.38 bits per heavy atom. The lowest BCUT2D eigenvalue weighted by molar-refractivity contribution is -0.0256. The molecule has 0 saturated heterocycles. The van der Waals surface area contributed by atoms with E-state index in [1.165, 1.54) is 66.9 Å². The minimum atomic E-state index is -1.21. The highest BCUT2D eigenvalue weighted by Gasteiger charge is 2.26. The van der Waals surface area contributed by atoms with Crippen molar-refractivity contribution < 1.29 is 57.0 Å². The van der Waals surface area contributed by atoms with E-state index in [0.29, 0.717) is 11.5 Å². The molecule has 3 rings (SSSR count). The molecular formula is C30H32O12. The summed E-state index contributed by atoms with van der Waals surface area (Å²) >= 11 is 0. The van der Waals surface area contributed by atoms with Gasteiger partial charge in [0, 0.05) is 24.3 Å². The average molecular weight is 585 g/mol. The van der Waals surface area contributed by atoms with Crippen LogP contribution in [0, 0.1) is 0 Å². The first-order chi connectivity index (χ1) is 20.3. The van der Waals surface area contributed by atoms with Crippen LogP contribution in [0.2, 0.25) is 0 Å². The average Bonchev–Trinajstić information content (AvgIpc) is 3.04. The van der Waals surface area contributed by atoms with Crippen LogP contribution < -0.4 is 28.4 Å². The Kier molecular flexibility index (Phi) is 11.2. The Morgan fingerprint density at radius 1 is 0.524 bits per heavy atom. The van der Waals surface area contributed by atoms with Gasteiger partial charge in [-0.3, -0.25) is 0 Å². The molecule has 0 aliphatic carbocycles. The molecule has 3 aromatic carbocycles. The maximum Gasteiger partial charge on any atom is 0.342 e. The van der Waals surface area contributed by atoms with Gasteiger partial charge >= 0.3 is 17.9 Å². The standard InChI is InChI=1S/C30H32O12/c1-34-22-14-26(38-5)24(36-3)12-20(22)29(32)41-17-19(16-40-28(31)18-10-8-7-9-11-18)42-30(33)21-13-25(37-4)27(39-6)15-23(21)35-2/h7-15,19H,16-17H2,1-6H3. The lowest BCUT2D eigenvalue weighted by Crippen LogP contribution is -2.31. The van der Waals surface area contributed by atoms with E-state index in [4.69, 9.17) is 42.6 Å². The van der Waals surface area contributed by atoms with Gasteiger partial charge in [0.15, 0.2) is 29.1 Å². The van der Waals surface area contributed by atoms with Crippen molar-refractivity contribution in [3.63, 3.8) is 0 Å². The molecule has 0 bridgehead atoms. The molecule has 0 amide bonds. The first-order valence-electron chi connectivity index (χ1n) is 12.5. The smallest absolute Gasteiger partial charge is 0.342 e. The molecule has 0 heterocycles. The predicted octanol–water partition coefficient (Wildman–Crippen LogP) is 3.98. The van der Waals surface area contributed by atoms with Crippen molar-refractivity contribution >= 4 is 17.9 Å². The topological polar surface area (TPSA) is 134 Å².